The Morgan fingerprint density at radius 3 is 2.35 bits per heavy atom. The molecule has 0 spiro atoms. The minimum absolute atomic E-state index is 0. The molecular formula is C16H25ClN2O4. The molecule has 1 fully saturated rings. The Balaban J connectivity index is 0.00000264. The van der Waals surface area contributed by atoms with Crippen molar-refractivity contribution in [2.45, 2.75) is 12.8 Å². The van der Waals surface area contributed by atoms with E-state index in [-0.39, 0.29) is 18.3 Å². The van der Waals surface area contributed by atoms with Crippen LogP contribution in [-0.2, 0) is 0 Å². The van der Waals surface area contributed by atoms with Gasteiger partial charge in [-0.2, -0.15) is 0 Å². The van der Waals surface area contributed by atoms with E-state index in [1.165, 1.54) is 27.8 Å². The molecular weight excluding hydrogens is 320 g/mol. The second-order valence-electron chi connectivity index (χ2n) is 5.32. The van der Waals surface area contributed by atoms with Crippen molar-refractivity contribution in [1.29, 1.82) is 0 Å². The Bertz CT molecular complexity index is 494. The molecule has 2 N–H and O–H groups in total. The van der Waals surface area contributed by atoms with Gasteiger partial charge in [0, 0.05) is 12.1 Å². The van der Waals surface area contributed by atoms with Crippen LogP contribution in [0, 0.1) is 5.92 Å². The predicted octanol–water partition coefficient (Wildman–Crippen LogP) is 1.86. The lowest BCUT2D eigenvalue weighted by atomic mass is 10.1. The van der Waals surface area contributed by atoms with Gasteiger partial charge in [-0.1, -0.05) is 0 Å². The summed E-state index contributed by atoms with van der Waals surface area (Å²) < 4.78 is 15.8. The van der Waals surface area contributed by atoms with Crippen LogP contribution in [-0.4, -0.2) is 46.9 Å². The third-order valence-electron chi connectivity index (χ3n) is 3.93. The topological polar surface area (TPSA) is 68.8 Å². The van der Waals surface area contributed by atoms with E-state index >= 15 is 0 Å². The second-order valence-corrected chi connectivity index (χ2v) is 5.32. The Kier molecular flexibility index (Phi) is 7.98. The molecule has 0 saturated carbocycles. The van der Waals surface area contributed by atoms with E-state index in [1.54, 1.807) is 12.1 Å². The summed E-state index contributed by atoms with van der Waals surface area (Å²) in [7, 11) is 4.61. The number of carbonyl (C=O) groups is 1. The van der Waals surface area contributed by atoms with Crippen molar-refractivity contribution in [2.75, 3.05) is 41.0 Å². The highest BCUT2D eigenvalue weighted by molar-refractivity contribution is 5.95. The van der Waals surface area contributed by atoms with Crippen molar-refractivity contribution in [1.82, 2.24) is 10.6 Å². The molecule has 1 heterocycles. The molecule has 0 aromatic heterocycles. The van der Waals surface area contributed by atoms with Gasteiger partial charge in [0.15, 0.2) is 11.5 Å². The van der Waals surface area contributed by atoms with Crippen molar-refractivity contribution < 1.29 is 19.0 Å². The monoisotopic (exact) mass is 344 g/mol. The van der Waals surface area contributed by atoms with E-state index in [4.69, 9.17) is 14.2 Å². The average Bonchev–Trinajstić information content (AvgIpc) is 3.06. The van der Waals surface area contributed by atoms with E-state index in [2.05, 4.69) is 10.6 Å². The molecule has 6 nitrogen and oxygen atoms in total. The molecule has 130 valence electrons. The quantitative estimate of drug-likeness (QED) is 0.790. The molecule has 0 radical (unpaired) electrons. The summed E-state index contributed by atoms with van der Waals surface area (Å²) in [6.45, 7) is 2.79. The van der Waals surface area contributed by atoms with E-state index in [0.29, 0.717) is 35.3 Å². The Labute approximate surface area is 143 Å². The maximum Gasteiger partial charge on any atom is 0.251 e. The summed E-state index contributed by atoms with van der Waals surface area (Å²) in [5.74, 6) is 1.96. The van der Waals surface area contributed by atoms with Gasteiger partial charge in [-0.25, -0.2) is 0 Å². The number of rotatable bonds is 7. The maximum absolute atomic E-state index is 12.3. The normalized spacial score (nSPS) is 16.4. The van der Waals surface area contributed by atoms with Gasteiger partial charge in [-0.3, -0.25) is 4.79 Å². The number of halogens is 1. The molecule has 1 amide bonds. The fourth-order valence-electron chi connectivity index (χ4n) is 2.66. The summed E-state index contributed by atoms with van der Waals surface area (Å²) in [6, 6.07) is 3.32. The highest BCUT2D eigenvalue weighted by atomic mass is 35.5. The minimum Gasteiger partial charge on any atom is -0.493 e. The van der Waals surface area contributed by atoms with Gasteiger partial charge in [0.1, 0.15) is 0 Å². The maximum atomic E-state index is 12.3. The van der Waals surface area contributed by atoms with Gasteiger partial charge in [0.25, 0.3) is 5.91 Å². The minimum atomic E-state index is -0.134. The number of benzene rings is 1. The molecule has 1 unspecified atom stereocenters. The first-order valence-electron chi connectivity index (χ1n) is 7.48. The zero-order valence-corrected chi connectivity index (χ0v) is 14.6. The average molecular weight is 345 g/mol. The first kappa shape index (κ1) is 19.4. The zero-order chi connectivity index (χ0) is 15.9. The Morgan fingerprint density at radius 2 is 1.87 bits per heavy atom. The van der Waals surface area contributed by atoms with Crippen LogP contribution < -0.4 is 24.8 Å². The highest BCUT2D eigenvalue weighted by Crippen LogP contribution is 2.38. The largest absolute Gasteiger partial charge is 0.493 e. The lowest BCUT2D eigenvalue weighted by molar-refractivity contribution is 0.0951. The van der Waals surface area contributed by atoms with Gasteiger partial charge in [0.2, 0.25) is 5.75 Å². The summed E-state index contributed by atoms with van der Waals surface area (Å²) >= 11 is 0. The molecule has 1 aliphatic rings. The number of methoxy groups -OCH3 is 3. The van der Waals surface area contributed by atoms with Crippen LogP contribution in [0.3, 0.4) is 0 Å². The summed E-state index contributed by atoms with van der Waals surface area (Å²) in [5.41, 5.74) is 0.499. The molecule has 1 atom stereocenters. The number of amides is 1. The number of hydrogen-bond donors (Lipinski definition) is 2. The van der Waals surface area contributed by atoms with Crippen LogP contribution >= 0.6 is 12.4 Å². The fourth-order valence-corrected chi connectivity index (χ4v) is 2.66. The molecule has 1 aromatic rings. The molecule has 7 heteroatoms. The van der Waals surface area contributed by atoms with E-state index < -0.39 is 0 Å². The van der Waals surface area contributed by atoms with Crippen molar-refractivity contribution >= 4 is 18.3 Å². The smallest absolute Gasteiger partial charge is 0.251 e. The van der Waals surface area contributed by atoms with E-state index in [9.17, 15) is 4.79 Å². The lowest BCUT2D eigenvalue weighted by Gasteiger charge is -2.14. The molecule has 1 saturated heterocycles. The molecule has 1 aromatic carbocycles. The Hall–Kier alpha value is -1.66. The fraction of sp³-hybridized carbons (Fsp3) is 0.562. The standard InChI is InChI=1S/C16H24N2O4.ClH/c1-20-13-8-12(9-14(21-2)15(13)22-3)16(19)18-7-5-11-4-6-17-10-11;/h8-9,11,17H,4-7,10H2,1-3H3,(H,18,19);1H. The van der Waals surface area contributed by atoms with Crippen LogP contribution in [0.5, 0.6) is 17.2 Å². The first-order valence-corrected chi connectivity index (χ1v) is 7.48. The van der Waals surface area contributed by atoms with Crippen molar-refractivity contribution in [3.63, 3.8) is 0 Å². The number of ether oxygens (including phenoxy) is 3. The summed E-state index contributed by atoms with van der Waals surface area (Å²) in [5, 5.41) is 6.27. The third-order valence-corrected chi connectivity index (χ3v) is 3.93. The molecule has 0 aliphatic carbocycles. The zero-order valence-electron chi connectivity index (χ0n) is 13.8. The molecule has 1 aliphatic heterocycles. The van der Waals surface area contributed by atoms with Gasteiger partial charge in [-0.15, -0.1) is 12.4 Å². The lowest BCUT2D eigenvalue weighted by Crippen LogP contribution is -2.26. The Morgan fingerprint density at radius 1 is 1.22 bits per heavy atom. The van der Waals surface area contributed by atoms with Crippen LogP contribution in [0.2, 0.25) is 0 Å². The highest BCUT2D eigenvalue weighted by Gasteiger charge is 2.18. The van der Waals surface area contributed by atoms with Gasteiger partial charge < -0.3 is 24.8 Å². The van der Waals surface area contributed by atoms with Crippen molar-refractivity contribution in [2.24, 2.45) is 5.92 Å². The van der Waals surface area contributed by atoms with Crippen molar-refractivity contribution in [3.05, 3.63) is 17.7 Å². The number of hydrogen-bond acceptors (Lipinski definition) is 5. The van der Waals surface area contributed by atoms with Crippen molar-refractivity contribution in [3.8, 4) is 17.2 Å². The van der Waals surface area contributed by atoms with Gasteiger partial charge >= 0.3 is 0 Å². The molecule has 2 rings (SSSR count). The summed E-state index contributed by atoms with van der Waals surface area (Å²) in [6.07, 6.45) is 2.17. The molecule has 0 bridgehead atoms. The predicted molar refractivity (Wildman–Crippen MR) is 91.3 cm³/mol. The van der Waals surface area contributed by atoms with Crippen LogP contribution in [0.4, 0.5) is 0 Å². The van der Waals surface area contributed by atoms with Crippen LogP contribution in [0.25, 0.3) is 0 Å². The van der Waals surface area contributed by atoms with E-state index in [0.717, 1.165) is 19.5 Å². The third kappa shape index (κ3) is 4.91. The van der Waals surface area contributed by atoms with Gasteiger partial charge in [0.05, 0.1) is 21.3 Å². The van der Waals surface area contributed by atoms with Gasteiger partial charge in [-0.05, 0) is 44.0 Å². The first-order chi connectivity index (χ1) is 10.7. The molecule has 23 heavy (non-hydrogen) atoms. The SMILES string of the molecule is COc1cc(C(=O)NCCC2CCNC2)cc(OC)c1OC.Cl. The van der Waals surface area contributed by atoms with E-state index in [1.807, 2.05) is 0 Å². The van der Waals surface area contributed by atoms with Crippen LogP contribution in [0.15, 0.2) is 12.1 Å². The number of nitrogens with one attached hydrogen (secondary N) is 2. The number of carbonyl (C=O) groups excluding carboxylic acids is 1. The van der Waals surface area contributed by atoms with Crippen LogP contribution in [0.1, 0.15) is 23.2 Å². The summed E-state index contributed by atoms with van der Waals surface area (Å²) in [4.78, 5) is 12.3. The second kappa shape index (κ2) is 9.47.